The molecule has 2 aromatic rings. The normalized spacial score (nSPS) is 18.0. The van der Waals surface area contributed by atoms with Crippen molar-refractivity contribution in [1.82, 2.24) is 4.90 Å². The Bertz CT molecular complexity index is 843. The van der Waals surface area contributed by atoms with Crippen LogP contribution in [0.25, 0.3) is 0 Å². The van der Waals surface area contributed by atoms with Crippen LogP contribution < -0.4 is 5.32 Å². The number of nitrogens with one attached hydrogen (secondary N) is 1. The SMILES string of the molecule is O=C1CCCN1Cc1cccc(NC(=O)C2(c3ccc(F)cc3)CC2)c1. The van der Waals surface area contributed by atoms with Gasteiger partial charge in [0.2, 0.25) is 11.8 Å². The van der Waals surface area contributed by atoms with Crippen LogP contribution in [0.4, 0.5) is 10.1 Å². The zero-order valence-electron chi connectivity index (χ0n) is 14.5. The summed E-state index contributed by atoms with van der Waals surface area (Å²) in [4.78, 5) is 26.5. The summed E-state index contributed by atoms with van der Waals surface area (Å²) in [5, 5.41) is 3.00. The standard InChI is InChI=1S/C21H21FN2O2/c22-17-8-6-16(7-9-17)21(10-11-21)20(26)23-18-4-1-3-15(13-18)14-24-12-2-5-19(24)25/h1,3-4,6-9,13H,2,5,10-12,14H2,(H,23,26). The van der Waals surface area contributed by atoms with Crippen LogP contribution in [-0.4, -0.2) is 23.3 Å². The molecule has 0 atom stereocenters. The second-order valence-corrected chi connectivity index (χ2v) is 7.16. The molecule has 4 nitrogen and oxygen atoms in total. The molecule has 2 amide bonds. The molecular formula is C21H21FN2O2. The van der Waals surface area contributed by atoms with E-state index < -0.39 is 5.41 Å². The van der Waals surface area contributed by atoms with Crippen molar-refractivity contribution in [2.45, 2.75) is 37.6 Å². The van der Waals surface area contributed by atoms with Gasteiger partial charge in [-0.2, -0.15) is 0 Å². The fourth-order valence-electron chi connectivity index (χ4n) is 3.63. The van der Waals surface area contributed by atoms with Crippen molar-refractivity contribution in [3.8, 4) is 0 Å². The van der Waals surface area contributed by atoms with Gasteiger partial charge in [-0.05, 0) is 54.7 Å². The minimum absolute atomic E-state index is 0.0569. The molecule has 2 aliphatic rings. The molecule has 0 bridgehead atoms. The molecule has 0 spiro atoms. The number of hydrogen-bond donors (Lipinski definition) is 1. The monoisotopic (exact) mass is 352 g/mol. The highest BCUT2D eigenvalue weighted by Gasteiger charge is 2.51. The molecular weight excluding hydrogens is 331 g/mol. The number of carbonyl (C=O) groups excluding carboxylic acids is 2. The van der Waals surface area contributed by atoms with Gasteiger partial charge < -0.3 is 10.2 Å². The molecule has 0 radical (unpaired) electrons. The number of anilines is 1. The first-order valence-corrected chi connectivity index (χ1v) is 9.01. The van der Waals surface area contributed by atoms with E-state index in [2.05, 4.69) is 5.32 Å². The molecule has 2 aromatic carbocycles. The maximum absolute atomic E-state index is 13.2. The molecule has 1 saturated heterocycles. The van der Waals surface area contributed by atoms with E-state index in [0.717, 1.165) is 42.6 Å². The second-order valence-electron chi connectivity index (χ2n) is 7.16. The average Bonchev–Trinajstić information content (AvgIpc) is 3.35. The van der Waals surface area contributed by atoms with Crippen LogP contribution in [-0.2, 0) is 21.5 Å². The van der Waals surface area contributed by atoms with Crippen LogP contribution in [0.15, 0.2) is 48.5 Å². The van der Waals surface area contributed by atoms with Crippen molar-refractivity contribution >= 4 is 17.5 Å². The number of benzene rings is 2. The topological polar surface area (TPSA) is 49.4 Å². The highest BCUT2D eigenvalue weighted by molar-refractivity contribution is 6.01. The summed E-state index contributed by atoms with van der Waals surface area (Å²) < 4.78 is 13.2. The fraction of sp³-hybridized carbons (Fsp3) is 0.333. The van der Waals surface area contributed by atoms with E-state index in [9.17, 15) is 14.0 Å². The summed E-state index contributed by atoms with van der Waals surface area (Å²) in [6.07, 6.45) is 3.07. The highest BCUT2D eigenvalue weighted by Crippen LogP contribution is 2.49. The smallest absolute Gasteiger partial charge is 0.235 e. The predicted molar refractivity (Wildman–Crippen MR) is 97.0 cm³/mol. The minimum Gasteiger partial charge on any atom is -0.338 e. The van der Waals surface area contributed by atoms with Gasteiger partial charge >= 0.3 is 0 Å². The van der Waals surface area contributed by atoms with Gasteiger partial charge in [0.05, 0.1) is 5.41 Å². The third-order valence-electron chi connectivity index (χ3n) is 5.31. The molecule has 1 N–H and O–H groups in total. The van der Waals surface area contributed by atoms with Crippen molar-refractivity contribution in [3.63, 3.8) is 0 Å². The Morgan fingerprint density at radius 2 is 1.92 bits per heavy atom. The summed E-state index contributed by atoms with van der Waals surface area (Å²) in [7, 11) is 0. The van der Waals surface area contributed by atoms with Crippen molar-refractivity contribution < 1.29 is 14.0 Å². The Morgan fingerprint density at radius 1 is 1.15 bits per heavy atom. The van der Waals surface area contributed by atoms with Crippen molar-refractivity contribution in [1.29, 1.82) is 0 Å². The van der Waals surface area contributed by atoms with Crippen LogP contribution >= 0.6 is 0 Å². The maximum Gasteiger partial charge on any atom is 0.235 e. The first-order valence-electron chi connectivity index (χ1n) is 9.01. The molecule has 1 aliphatic carbocycles. The van der Waals surface area contributed by atoms with Gasteiger partial charge in [0.1, 0.15) is 5.82 Å². The van der Waals surface area contributed by atoms with Crippen LogP contribution in [0.2, 0.25) is 0 Å². The number of hydrogen-bond acceptors (Lipinski definition) is 2. The van der Waals surface area contributed by atoms with Crippen molar-refractivity contribution in [2.24, 2.45) is 0 Å². The molecule has 1 aliphatic heterocycles. The summed E-state index contributed by atoms with van der Waals surface area (Å²) in [6, 6.07) is 13.8. The fourth-order valence-corrected chi connectivity index (χ4v) is 3.63. The highest BCUT2D eigenvalue weighted by atomic mass is 19.1. The zero-order valence-corrected chi connectivity index (χ0v) is 14.5. The van der Waals surface area contributed by atoms with E-state index >= 15 is 0 Å². The van der Waals surface area contributed by atoms with Gasteiger partial charge in [-0.15, -0.1) is 0 Å². The lowest BCUT2D eigenvalue weighted by molar-refractivity contribution is -0.128. The molecule has 0 unspecified atom stereocenters. The van der Waals surface area contributed by atoms with E-state index in [0.29, 0.717) is 13.0 Å². The van der Waals surface area contributed by atoms with Crippen molar-refractivity contribution in [2.75, 3.05) is 11.9 Å². The van der Waals surface area contributed by atoms with E-state index in [1.54, 1.807) is 12.1 Å². The van der Waals surface area contributed by atoms with Gasteiger partial charge in [0.25, 0.3) is 0 Å². The van der Waals surface area contributed by atoms with E-state index in [-0.39, 0.29) is 17.6 Å². The average molecular weight is 352 g/mol. The summed E-state index contributed by atoms with van der Waals surface area (Å²) in [5.74, 6) is -0.166. The third kappa shape index (κ3) is 3.21. The lowest BCUT2D eigenvalue weighted by atomic mass is 9.95. The lowest BCUT2D eigenvalue weighted by Crippen LogP contribution is -2.28. The number of carbonyl (C=O) groups is 2. The Labute approximate surface area is 152 Å². The Balaban J connectivity index is 1.47. The summed E-state index contributed by atoms with van der Waals surface area (Å²) >= 11 is 0. The Morgan fingerprint density at radius 3 is 2.58 bits per heavy atom. The van der Waals surface area contributed by atoms with Gasteiger partial charge in [0, 0.05) is 25.2 Å². The van der Waals surface area contributed by atoms with Gasteiger partial charge in [-0.25, -0.2) is 4.39 Å². The maximum atomic E-state index is 13.2. The number of likely N-dealkylation sites (tertiary alicyclic amines) is 1. The number of amides is 2. The Kier molecular flexibility index (Phi) is 4.23. The van der Waals surface area contributed by atoms with Gasteiger partial charge in [-0.1, -0.05) is 24.3 Å². The molecule has 0 aromatic heterocycles. The number of rotatable bonds is 5. The van der Waals surface area contributed by atoms with Crippen LogP contribution in [0.5, 0.6) is 0 Å². The van der Waals surface area contributed by atoms with Gasteiger partial charge in [-0.3, -0.25) is 9.59 Å². The molecule has 4 rings (SSSR count). The molecule has 1 saturated carbocycles. The van der Waals surface area contributed by atoms with E-state index in [4.69, 9.17) is 0 Å². The van der Waals surface area contributed by atoms with Crippen LogP contribution in [0.1, 0.15) is 36.8 Å². The van der Waals surface area contributed by atoms with Crippen molar-refractivity contribution in [3.05, 3.63) is 65.5 Å². The molecule has 134 valence electrons. The largest absolute Gasteiger partial charge is 0.338 e. The second kappa shape index (κ2) is 6.56. The quantitative estimate of drug-likeness (QED) is 0.893. The summed E-state index contributed by atoms with van der Waals surface area (Å²) in [5.41, 5.74) is 2.04. The molecule has 2 fully saturated rings. The molecule has 5 heteroatoms. The number of halogens is 1. The number of nitrogens with zero attached hydrogens (tertiary/aromatic N) is 1. The Hall–Kier alpha value is -2.69. The van der Waals surface area contributed by atoms with Crippen LogP contribution in [0, 0.1) is 5.82 Å². The minimum atomic E-state index is -0.547. The first-order chi connectivity index (χ1) is 12.6. The molecule has 26 heavy (non-hydrogen) atoms. The van der Waals surface area contributed by atoms with E-state index in [1.165, 1.54) is 12.1 Å². The zero-order chi connectivity index (χ0) is 18.1. The third-order valence-corrected chi connectivity index (χ3v) is 5.31. The lowest BCUT2D eigenvalue weighted by Gasteiger charge is -2.18. The molecule has 1 heterocycles. The van der Waals surface area contributed by atoms with Gasteiger partial charge in [0.15, 0.2) is 0 Å². The predicted octanol–water partition coefficient (Wildman–Crippen LogP) is 3.62. The first kappa shape index (κ1) is 16.8. The van der Waals surface area contributed by atoms with E-state index in [1.807, 2.05) is 29.2 Å². The summed E-state index contributed by atoms with van der Waals surface area (Å²) in [6.45, 7) is 1.37. The van der Waals surface area contributed by atoms with Crippen LogP contribution in [0.3, 0.4) is 0 Å².